The lowest BCUT2D eigenvalue weighted by Crippen LogP contribution is -2.13. The Kier molecular flexibility index (Phi) is 3.96. The molecule has 3 aromatic rings. The highest BCUT2D eigenvalue weighted by atomic mass is 19.1. The molecule has 0 aliphatic rings. The number of hydrogen-bond acceptors (Lipinski definition) is 3. The van der Waals surface area contributed by atoms with Gasteiger partial charge in [0.15, 0.2) is 0 Å². The molecule has 2 aromatic carbocycles. The maximum absolute atomic E-state index is 12.8. The first kappa shape index (κ1) is 14.0. The zero-order valence-corrected chi connectivity index (χ0v) is 11.6. The monoisotopic (exact) mass is 296 g/mol. The second-order valence-corrected chi connectivity index (χ2v) is 4.78. The standard InChI is InChI=1S/C17H13FN2O2/c18-13-6-8-14(9-7-13)19-17(21)11-15-10-16(20-22-15)12-4-2-1-3-5-12/h1-10H,11H2,(H,19,21). The van der Waals surface area contributed by atoms with Gasteiger partial charge in [-0.25, -0.2) is 4.39 Å². The van der Waals surface area contributed by atoms with Crippen LogP contribution < -0.4 is 5.32 Å². The summed E-state index contributed by atoms with van der Waals surface area (Å²) in [6, 6.07) is 16.9. The lowest BCUT2D eigenvalue weighted by molar-refractivity contribution is -0.115. The number of nitrogens with one attached hydrogen (secondary N) is 1. The van der Waals surface area contributed by atoms with Crippen LogP contribution in [0.3, 0.4) is 0 Å². The minimum absolute atomic E-state index is 0.0667. The van der Waals surface area contributed by atoms with E-state index in [1.54, 1.807) is 6.07 Å². The molecule has 3 rings (SSSR count). The topological polar surface area (TPSA) is 55.1 Å². The van der Waals surface area contributed by atoms with Gasteiger partial charge >= 0.3 is 0 Å². The van der Waals surface area contributed by atoms with Gasteiger partial charge in [-0.1, -0.05) is 35.5 Å². The van der Waals surface area contributed by atoms with Crippen molar-refractivity contribution in [1.82, 2.24) is 5.16 Å². The summed E-state index contributed by atoms with van der Waals surface area (Å²) in [5.41, 5.74) is 2.15. The normalized spacial score (nSPS) is 10.4. The number of nitrogens with zero attached hydrogens (tertiary/aromatic N) is 1. The highest BCUT2D eigenvalue weighted by Gasteiger charge is 2.11. The fourth-order valence-corrected chi connectivity index (χ4v) is 2.04. The van der Waals surface area contributed by atoms with Crippen LogP contribution in [0.25, 0.3) is 11.3 Å². The molecule has 5 heteroatoms. The first-order chi connectivity index (χ1) is 10.7. The predicted octanol–water partition coefficient (Wildman–Crippen LogP) is 3.66. The molecule has 0 bridgehead atoms. The minimum Gasteiger partial charge on any atom is -0.360 e. The molecule has 1 N–H and O–H groups in total. The van der Waals surface area contributed by atoms with Gasteiger partial charge in [-0.05, 0) is 24.3 Å². The molecule has 1 heterocycles. The smallest absolute Gasteiger partial charge is 0.232 e. The summed E-state index contributed by atoms with van der Waals surface area (Å²) in [6.45, 7) is 0. The van der Waals surface area contributed by atoms with Gasteiger partial charge in [-0.3, -0.25) is 4.79 Å². The van der Waals surface area contributed by atoms with Crippen LogP contribution in [-0.2, 0) is 11.2 Å². The molecular weight excluding hydrogens is 283 g/mol. The van der Waals surface area contributed by atoms with Gasteiger partial charge in [0.1, 0.15) is 17.3 Å². The number of benzene rings is 2. The van der Waals surface area contributed by atoms with Crippen LogP contribution in [0.4, 0.5) is 10.1 Å². The molecular formula is C17H13FN2O2. The van der Waals surface area contributed by atoms with Crippen LogP contribution in [-0.4, -0.2) is 11.1 Å². The van der Waals surface area contributed by atoms with E-state index in [-0.39, 0.29) is 18.1 Å². The van der Waals surface area contributed by atoms with Crippen molar-refractivity contribution in [3.63, 3.8) is 0 Å². The van der Waals surface area contributed by atoms with E-state index in [0.29, 0.717) is 17.1 Å². The number of halogens is 1. The molecule has 0 saturated heterocycles. The first-order valence-electron chi connectivity index (χ1n) is 6.77. The van der Waals surface area contributed by atoms with E-state index in [9.17, 15) is 9.18 Å². The summed E-state index contributed by atoms with van der Waals surface area (Å²) >= 11 is 0. The summed E-state index contributed by atoms with van der Waals surface area (Å²) < 4.78 is 18.0. The van der Waals surface area contributed by atoms with E-state index in [1.807, 2.05) is 30.3 Å². The van der Waals surface area contributed by atoms with E-state index in [0.717, 1.165) is 5.56 Å². The third kappa shape index (κ3) is 3.38. The molecule has 0 radical (unpaired) electrons. The van der Waals surface area contributed by atoms with Crippen LogP contribution in [0.2, 0.25) is 0 Å². The van der Waals surface area contributed by atoms with Crippen molar-refractivity contribution in [3.8, 4) is 11.3 Å². The lowest BCUT2D eigenvalue weighted by atomic mass is 10.1. The highest BCUT2D eigenvalue weighted by Crippen LogP contribution is 2.19. The third-order valence-corrected chi connectivity index (χ3v) is 3.09. The van der Waals surface area contributed by atoms with Crippen molar-refractivity contribution < 1.29 is 13.7 Å². The van der Waals surface area contributed by atoms with E-state index in [1.165, 1.54) is 24.3 Å². The molecule has 0 aliphatic heterocycles. The number of carbonyl (C=O) groups is 1. The number of carbonyl (C=O) groups excluding carboxylic acids is 1. The van der Waals surface area contributed by atoms with Gasteiger partial charge in [-0.2, -0.15) is 0 Å². The summed E-state index contributed by atoms with van der Waals surface area (Å²) in [4.78, 5) is 11.9. The van der Waals surface area contributed by atoms with Crippen LogP contribution in [0.5, 0.6) is 0 Å². The zero-order valence-electron chi connectivity index (χ0n) is 11.6. The molecule has 110 valence electrons. The summed E-state index contributed by atoms with van der Waals surface area (Å²) in [6.07, 6.45) is 0.0667. The highest BCUT2D eigenvalue weighted by molar-refractivity contribution is 5.92. The molecule has 0 atom stereocenters. The Morgan fingerprint density at radius 1 is 1.09 bits per heavy atom. The zero-order chi connectivity index (χ0) is 15.4. The van der Waals surface area contributed by atoms with Crippen molar-refractivity contribution >= 4 is 11.6 Å². The van der Waals surface area contributed by atoms with E-state index in [4.69, 9.17) is 4.52 Å². The SMILES string of the molecule is O=C(Cc1cc(-c2ccccc2)no1)Nc1ccc(F)cc1. The van der Waals surface area contributed by atoms with Gasteiger partial charge in [0, 0.05) is 17.3 Å². The fraction of sp³-hybridized carbons (Fsp3) is 0.0588. The quantitative estimate of drug-likeness (QED) is 0.799. The molecule has 0 unspecified atom stereocenters. The molecule has 0 fully saturated rings. The van der Waals surface area contributed by atoms with Crippen molar-refractivity contribution in [2.75, 3.05) is 5.32 Å². The van der Waals surface area contributed by atoms with Crippen molar-refractivity contribution in [2.45, 2.75) is 6.42 Å². The Hall–Kier alpha value is -2.95. The maximum Gasteiger partial charge on any atom is 0.232 e. The molecule has 1 amide bonds. The van der Waals surface area contributed by atoms with Gasteiger partial charge in [0.25, 0.3) is 0 Å². The molecule has 1 aromatic heterocycles. The Bertz CT molecular complexity index is 767. The number of rotatable bonds is 4. The Balaban J connectivity index is 1.65. The summed E-state index contributed by atoms with van der Waals surface area (Å²) in [5.74, 6) is -0.124. The fourth-order valence-electron chi connectivity index (χ4n) is 2.04. The van der Waals surface area contributed by atoms with Crippen LogP contribution in [0, 0.1) is 5.82 Å². The Morgan fingerprint density at radius 3 is 2.55 bits per heavy atom. The predicted molar refractivity (Wildman–Crippen MR) is 80.7 cm³/mol. The van der Waals surface area contributed by atoms with Gasteiger partial charge in [0.2, 0.25) is 5.91 Å². The second-order valence-electron chi connectivity index (χ2n) is 4.78. The van der Waals surface area contributed by atoms with Crippen molar-refractivity contribution in [3.05, 3.63) is 72.2 Å². The first-order valence-corrected chi connectivity index (χ1v) is 6.77. The van der Waals surface area contributed by atoms with Crippen molar-refractivity contribution in [1.29, 1.82) is 0 Å². The van der Waals surface area contributed by atoms with Gasteiger partial charge in [0.05, 0.1) is 6.42 Å². The van der Waals surface area contributed by atoms with E-state index < -0.39 is 0 Å². The Morgan fingerprint density at radius 2 is 1.82 bits per heavy atom. The molecule has 0 saturated carbocycles. The lowest BCUT2D eigenvalue weighted by Gasteiger charge is -2.02. The summed E-state index contributed by atoms with van der Waals surface area (Å²) in [5, 5.41) is 6.63. The van der Waals surface area contributed by atoms with Gasteiger partial charge < -0.3 is 9.84 Å². The van der Waals surface area contributed by atoms with Crippen LogP contribution in [0.15, 0.2) is 65.2 Å². The number of hydrogen-bond donors (Lipinski definition) is 1. The Labute approximate surface area is 126 Å². The average molecular weight is 296 g/mol. The van der Waals surface area contributed by atoms with Crippen LogP contribution in [0.1, 0.15) is 5.76 Å². The molecule has 0 spiro atoms. The number of aromatic nitrogens is 1. The average Bonchev–Trinajstić information content (AvgIpc) is 2.99. The minimum atomic E-state index is -0.347. The summed E-state index contributed by atoms with van der Waals surface area (Å²) in [7, 11) is 0. The number of anilines is 1. The third-order valence-electron chi connectivity index (χ3n) is 3.09. The van der Waals surface area contributed by atoms with E-state index >= 15 is 0 Å². The van der Waals surface area contributed by atoms with Gasteiger partial charge in [-0.15, -0.1) is 0 Å². The molecule has 22 heavy (non-hydrogen) atoms. The van der Waals surface area contributed by atoms with Crippen LogP contribution >= 0.6 is 0 Å². The molecule has 4 nitrogen and oxygen atoms in total. The van der Waals surface area contributed by atoms with E-state index in [2.05, 4.69) is 10.5 Å². The van der Waals surface area contributed by atoms with Crippen molar-refractivity contribution in [2.24, 2.45) is 0 Å². The number of amides is 1. The largest absolute Gasteiger partial charge is 0.360 e. The molecule has 0 aliphatic carbocycles. The maximum atomic E-state index is 12.8. The second kappa shape index (κ2) is 6.22.